The maximum Gasteiger partial charge on any atom is 0.227 e. The largest absolute Gasteiger partial charge is 0.363 e. The summed E-state index contributed by atoms with van der Waals surface area (Å²) in [6.45, 7) is 6.75. The first-order valence-electron chi connectivity index (χ1n) is 9.01. The smallest absolute Gasteiger partial charge is 0.227 e. The molecule has 7 nitrogen and oxygen atoms in total. The number of piperazine rings is 1. The summed E-state index contributed by atoms with van der Waals surface area (Å²) in [7, 11) is 4.02. The van der Waals surface area contributed by atoms with E-state index in [1.807, 2.05) is 56.4 Å². The van der Waals surface area contributed by atoms with Crippen LogP contribution in [-0.4, -0.2) is 64.5 Å². The molecule has 0 bridgehead atoms. The summed E-state index contributed by atoms with van der Waals surface area (Å²) in [4.78, 5) is 20.8. The third-order valence-electron chi connectivity index (χ3n) is 4.74. The van der Waals surface area contributed by atoms with Crippen LogP contribution in [0.25, 0.3) is 5.65 Å². The van der Waals surface area contributed by atoms with E-state index in [0.29, 0.717) is 0 Å². The van der Waals surface area contributed by atoms with Crippen molar-refractivity contribution in [3.8, 4) is 0 Å². The lowest BCUT2D eigenvalue weighted by atomic mass is 10.3. The second kappa shape index (κ2) is 6.92. The fourth-order valence-electron chi connectivity index (χ4n) is 3.31. The molecule has 4 rings (SSSR count). The van der Waals surface area contributed by atoms with Gasteiger partial charge in [-0.05, 0) is 19.1 Å². The van der Waals surface area contributed by atoms with Crippen molar-refractivity contribution in [3.05, 3.63) is 48.0 Å². The van der Waals surface area contributed by atoms with Crippen molar-refractivity contribution >= 4 is 17.4 Å². The number of rotatable bonds is 4. The topological polar surface area (TPSA) is 52.8 Å². The highest BCUT2D eigenvalue weighted by Gasteiger charge is 2.20. The van der Waals surface area contributed by atoms with Gasteiger partial charge in [0.1, 0.15) is 11.5 Å². The summed E-state index contributed by atoms with van der Waals surface area (Å²) in [6, 6.07) is 8.11. The highest BCUT2D eigenvalue weighted by atomic mass is 15.3. The van der Waals surface area contributed by atoms with E-state index in [9.17, 15) is 0 Å². The van der Waals surface area contributed by atoms with E-state index in [-0.39, 0.29) is 0 Å². The molecule has 0 aliphatic carbocycles. The first-order chi connectivity index (χ1) is 12.6. The van der Waals surface area contributed by atoms with Gasteiger partial charge in [-0.25, -0.2) is 9.97 Å². The molecule has 0 unspecified atom stereocenters. The predicted octanol–water partition coefficient (Wildman–Crippen LogP) is 1.82. The van der Waals surface area contributed by atoms with E-state index in [4.69, 9.17) is 9.97 Å². The Bertz CT molecular complexity index is 861. The molecule has 1 aliphatic heterocycles. The number of imidazole rings is 1. The molecule has 136 valence electrons. The van der Waals surface area contributed by atoms with Crippen LogP contribution < -0.4 is 9.80 Å². The molecule has 0 radical (unpaired) electrons. The number of hydrogen-bond donors (Lipinski definition) is 0. The number of anilines is 2. The third-order valence-corrected chi connectivity index (χ3v) is 4.74. The van der Waals surface area contributed by atoms with Crippen LogP contribution >= 0.6 is 0 Å². The van der Waals surface area contributed by atoms with Crippen molar-refractivity contribution in [2.75, 3.05) is 50.1 Å². The molecule has 3 aromatic heterocycles. The molecule has 1 fully saturated rings. The number of pyridine rings is 1. The van der Waals surface area contributed by atoms with Crippen molar-refractivity contribution in [2.24, 2.45) is 0 Å². The number of aromatic nitrogens is 4. The Labute approximate surface area is 153 Å². The van der Waals surface area contributed by atoms with E-state index < -0.39 is 0 Å². The lowest BCUT2D eigenvalue weighted by molar-refractivity contribution is 0.246. The van der Waals surface area contributed by atoms with Crippen molar-refractivity contribution in [2.45, 2.75) is 13.5 Å². The van der Waals surface area contributed by atoms with Crippen molar-refractivity contribution < 1.29 is 0 Å². The fraction of sp³-hybridized carbons (Fsp3) is 0.421. The monoisotopic (exact) mass is 351 g/mol. The quantitative estimate of drug-likeness (QED) is 0.715. The average Bonchev–Trinajstić information content (AvgIpc) is 3.04. The number of fused-ring (bicyclic) bond motifs is 1. The van der Waals surface area contributed by atoms with Crippen molar-refractivity contribution in [1.82, 2.24) is 24.3 Å². The second-order valence-electron chi connectivity index (χ2n) is 7.02. The molecular weight excluding hydrogens is 326 g/mol. The Morgan fingerprint density at radius 3 is 2.58 bits per heavy atom. The highest BCUT2D eigenvalue weighted by molar-refractivity contribution is 5.45. The van der Waals surface area contributed by atoms with Crippen LogP contribution in [0.3, 0.4) is 0 Å². The minimum Gasteiger partial charge on any atom is -0.363 e. The Morgan fingerprint density at radius 1 is 1.04 bits per heavy atom. The van der Waals surface area contributed by atoms with Gasteiger partial charge in [0.15, 0.2) is 0 Å². The van der Waals surface area contributed by atoms with Gasteiger partial charge in [-0.3, -0.25) is 4.90 Å². The minimum absolute atomic E-state index is 0.834. The molecule has 0 atom stereocenters. The summed E-state index contributed by atoms with van der Waals surface area (Å²) >= 11 is 0. The van der Waals surface area contributed by atoms with E-state index in [1.54, 1.807) is 0 Å². The van der Waals surface area contributed by atoms with Crippen LogP contribution in [-0.2, 0) is 6.54 Å². The molecule has 0 N–H and O–H groups in total. The lowest BCUT2D eigenvalue weighted by Crippen LogP contribution is -2.46. The zero-order valence-electron chi connectivity index (χ0n) is 15.6. The molecule has 26 heavy (non-hydrogen) atoms. The molecular formula is C19H25N7. The Kier molecular flexibility index (Phi) is 4.46. The van der Waals surface area contributed by atoms with Crippen LogP contribution in [0.2, 0.25) is 0 Å². The lowest BCUT2D eigenvalue weighted by Gasteiger charge is -2.34. The average molecular weight is 351 g/mol. The van der Waals surface area contributed by atoms with Crippen LogP contribution in [0.15, 0.2) is 36.7 Å². The van der Waals surface area contributed by atoms with Crippen LogP contribution in [0, 0.1) is 6.92 Å². The van der Waals surface area contributed by atoms with Gasteiger partial charge in [-0.2, -0.15) is 4.98 Å². The summed E-state index contributed by atoms with van der Waals surface area (Å²) in [5.74, 6) is 1.79. The Hall–Kier alpha value is -2.67. The highest BCUT2D eigenvalue weighted by Crippen LogP contribution is 2.18. The Balaban J connectivity index is 1.41. The third kappa shape index (κ3) is 3.48. The van der Waals surface area contributed by atoms with Gasteiger partial charge in [-0.1, -0.05) is 6.07 Å². The molecule has 0 spiro atoms. The van der Waals surface area contributed by atoms with E-state index in [0.717, 1.165) is 61.5 Å². The summed E-state index contributed by atoms with van der Waals surface area (Å²) in [5, 5.41) is 0. The molecule has 7 heteroatoms. The maximum absolute atomic E-state index is 4.70. The standard InChI is InChI=1S/C19H25N7/c1-15-12-18(23(2)3)22-19(20-15)25-10-8-24(9-11-25)13-16-14-26-7-5-4-6-17(26)21-16/h4-7,12,14H,8-11,13H2,1-3H3. The maximum atomic E-state index is 4.70. The SMILES string of the molecule is Cc1cc(N(C)C)nc(N2CCN(Cc3cn4ccccc4n3)CC2)n1. The zero-order valence-corrected chi connectivity index (χ0v) is 15.6. The van der Waals surface area contributed by atoms with Crippen LogP contribution in [0.5, 0.6) is 0 Å². The van der Waals surface area contributed by atoms with Gasteiger partial charge >= 0.3 is 0 Å². The summed E-state index contributed by atoms with van der Waals surface area (Å²) in [5.41, 5.74) is 3.13. The minimum atomic E-state index is 0.834. The van der Waals surface area contributed by atoms with Gasteiger partial charge in [-0.15, -0.1) is 0 Å². The van der Waals surface area contributed by atoms with Crippen LogP contribution in [0.4, 0.5) is 11.8 Å². The van der Waals surface area contributed by atoms with Gasteiger partial charge in [0, 0.05) is 71.0 Å². The normalized spacial score (nSPS) is 15.6. The van der Waals surface area contributed by atoms with Gasteiger partial charge < -0.3 is 14.2 Å². The zero-order chi connectivity index (χ0) is 18.1. The summed E-state index contributed by atoms with van der Waals surface area (Å²) < 4.78 is 2.08. The Morgan fingerprint density at radius 2 is 1.85 bits per heavy atom. The summed E-state index contributed by atoms with van der Waals surface area (Å²) in [6.07, 6.45) is 4.16. The van der Waals surface area contributed by atoms with Crippen LogP contribution in [0.1, 0.15) is 11.4 Å². The molecule has 3 aromatic rings. The van der Waals surface area contributed by atoms with Gasteiger partial charge in [0.05, 0.1) is 5.69 Å². The number of hydrogen-bond acceptors (Lipinski definition) is 6. The molecule has 0 amide bonds. The van der Waals surface area contributed by atoms with Crippen molar-refractivity contribution in [1.29, 1.82) is 0 Å². The second-order valence-corrected chi connectivity index (χ2v) is 7.02. The molecule has 4 heterocycles. The van der Waals surface area contributed by atoms with E-state index >= 15 is 0 Å². The molecule has 1 aliphatic rings. The number of aryl methyl sites for hydroxylation is 1. The molecule has 0 saturated carbocycles. The molecule has 1 saturated heterocycles. The first kappa shape index (κ1) is 16.8. The fourth-order valence-corrected chi connectivity index (χ4v) is 3.31. The number of nitrogens with zero attached hydrogens (tertiary/aromatic N) is 7. The van der Waals surface area contributed by atoms with Gasteiger partial charge in [0.2, 0.25) is 5.95 Å². The van der Waals surface area contributed by atoms with E-state index in [1.165, 1.54) is 0 Å². The predicted molar refractivity (Wildman–Crippen MR) is 104 cm³/mol. The first-order valence-corrected chi connectivity index (χ1v) is 9.01. The van der Waals surface area contributed by atoms with Gasteiger partial charge in [0.25, 0.3) is 0 Å². The molecule has 0 aromatic carbocycles. The van der Waals surface area contributed by atoms with E-state index in [2.05, 4.69) is 25.4 Å². The van der Waals surface area contributed by atoms with Crippen molar-refractivity contribution in [3.63, 3.8) is 0 Å².